The summed E-state index contributed by atoms with van der Waals surface area (Å²) in [6, 6.07) is 14.5. The first-order chi connectivity index (χ1) is 9.31. The standard InChI is InChI=1S/C15H10N2O2.H3N/c18-15-9-17(16-19-15)12-5-6-14-11(8-12)7-10-3-1-2-4-13(10)14;/h1-6,8-9H,7H2;1H3. The zero-order chi connectivity index (χ0) is 12.8. The molecule has 0 unspecified atom stereocenters. The molecule has 0 saturated carbocycles. The third-order valence-corrected chi connectivity index (χ3v) is 3.49. The van der Waals surface area contributed by atoms with E-state index < -0.39 is 5.95 Å². The molecule has 5 nitrogen and oxygen atoms in total. The Morgan fingerprint density at radius 3 is 2.65 bits per heavy atom. The minimum Gasteiger partial charge on any atom is -0.539 e. The van der Waals surface area contributed by atoms with Crippen LogP contribution in [0, 0.1) is 0 Å². The number of nitrogens with zero attached hydrogens (tertiary/aromatic N) is 2. The predicted octanol–water partition coefficient (Wildman–Crippen LogP) is 1.76. The largest absolute Gasteiger partial charge is 0.539 e. The van der Waals surface area contributed by atoms with Crippen LogP contribution in [0.4, 0.5) is 0 Å². The first kappa shape index (κ1) is 12.4. The van der Waals surface area contributed by atoms with E-state index in [1.54, 1.807) is 0 Å². The van der Waals surface area contributed by atoms with Crippen molar-refractivity contribution < 1.29 is 14.3 Å². The lowest BCUT2D eigenvalue weighted by atomic mass is 10.1. The first-order valence-corrected chi connectivity index (χ1v) is 6.08. The second kappa shape index (κ2) is 4.47. The molecule has 3 aromatic rings. The van der Waals surface area contributed by atoms with Gasteiger partial charge < -0.3 is 15.8 Å². The Morgan fingerprint density at radius 2 is 1.85 bits per heavy atom. The molecule has 0 amide bonds. The van der Waals surface area contributed by atoms with Gasteiger partial charge in [0.25, 0.3) is 0 Å². The van der Waals surface area contributed by atoms with Crippen LogP contribution in [0.25, 0.3) is 16.8 Å². The van der Waals surface area contributed by atoms with Crippen molar-refractivity contribution in [3.8, 4) is 22.8 Å². The Kier molecular flexibility index (Phi) is 2.76. The normalized spacial score (nSPS) is 11.6. The van der Waals surface area contributed by atoms with Gasteiger partial charge in [-0.25, -0.2) is 0 Å². The summed E-state index contributed by atoms with van der Waals surface area (Å²) in [6.07, 6.45) is 2.26. The monoisotopic (exact) mass is 267 g/mol. The quantitative estimate of drug-likeness (QED) is 0.532. The molecular formula is C15H13N3O2. The van der Waals surface area contributed by atoms with Gasteiger partial charge in [0.05, 0.1) is 5.27 Å². The first-order valence-electron chi connectivity index (χ1n) is 6.08. The van der Waals surface area contributed by atoms with Crippen molar-refractivity contribution in [2.45, 2.75) is 6.42 Å². The van der Waals surface area contributed by atoms with Gasteiger partial charge in [0.1, 0.15) is 5.95 Å². The summed E-state index contributed by atoms with van der Waals surface area (Å²) in [4.78, 5) is 0. The van der Waals surface area contributed by atoms with Gasteiger partial charge in [0, 0.05) is 12.1 Å². The third kappa shape index (κ3) is 1.76. The van der Waals surface area contributed by atoms with E-state index in [0.717, 1.165) is 12.1 Å². The van der Waals surface area contributed by atoms with E-state index in [1.165, 1.54) is 33.1 Å². The smallest absolute Gasteiger partial charge is 0.239 e. The second-order valence-corrected chi connectivity index (χ2v) is 4.64. The van der Waals surface area contributed by atoms with Crippen molar-refractivity contribution in [1.82, 2.24) is 11.4 Å². The van der Waals surface area contributed by atoms with E-state index in [1.807, 2.05) is 6.07 Å². The maximum Gasteiger partial charge on any atom is 0.239 e. The molecule has 0 saturated heterocycles. The molecule has 20 heavy (non-hydrogen) atoms. The van der Waals surface area contributed by atoms with Crippen molar-refractivity contribution >= 4 is 0 Å². The molecule has 5 heteroatoms. The maximum absolute atomic E-state index is 11.0. The highest BCUT2D eigenvalue weighted by Gasteiger charge is 2.20. The number of benzene rings is 2. The Bertz CT molecular complexity index is 780. The zero-order valence-electron chi connectivity index (χ0n) is 10.7. The van der Waals surface area contributed by atoms with Crippen LogP contribution in [0.15, 0.2) is 53.2 Å². The van der Waals surface area contributed by atoms with Crippen molar-refractivity contribution in [3.63, 3.8) is 0 Å². The minimum atomic E-state index is -0.441. The predicted molar refractivity (Wildman–Crippen MR) is 70.7 cm³/mol. The highest BCUT2D eigenvalue weighted by Crippen LogP contribution is 2.36. The molecule has 1 aliphatic rings. The summed E-state index contributed by atoms with van der Waals surface area (Å²) >= 11 is 0. The van der Waals surface area contributed by atoms with Crippen LogP contribution in [-0.2, 0) is 6.42 Å². The van der Waals surface area contributed by atoms with Gasteiger partial charge in [-0.15, -0.1) is 0 Å². The van der Waals surface area contributed by atoms with Crippen molar-refractivity contribution in [1.29, 1.82) is 0 Å². The lowest BCUT2D eigenvalue weighted by Crippen LogP contribution is -2.31. The summed E-state index contributed by atoms with van der Waals surface area (Å²) in [5, 5.41) is 14.7. The average molecular weight is 267 g/mol. The lowest BCUT2D eigenvalue weighted by Gasteiger charge is -1.99. The van der Waals surface area contributed by atoms with Crippen LogP contribution in [0.5, 0.6) is 5.95 Å². The molecule has 0 fully saturated rings. The van der Waals surface area contributed by atoms with E-state index >= 15 is 0 Å². The van der Waals surface area contributed by atoms with E-state index in [4.69, 9.17) is 0 Å². The Morgan fingerprint density at radius 1 is 1.05 bits per heavy atom. The van der Waals surface area contributed by atoms with Crippen LogP contribution in [0.3, 0.4) is 0 Å². The lowest BCUT2D eigenvalue weighted by molar-refractivity contribution is -0.670. The van der Waals surface area contributed by atoms with Gasteiger partial charge in [-0.1, -0.05) is 24.3 Å². The molecule has 0 bridgehead atoms. The van der Waals surface area contributed by atoms with E-state index in [2.05, 4.69) is 46.2 Å². The molecule has 1 aliphatic carbocycles. The Hall–Kier alpha value is -2.66. The Balaban J connectivity index is 0.00000121. The Labute approximate surface area is 115 Å². The van der Waals surface area contributed by atoms with E-state index in [0.29, 0.717) is 0 Å². The number of fused-ring (bicyclic) bond motifs is 3. The fraction of sp³-hybridized carbons (Fsp3) is 0.0667. The molecule has 2 aromatic carbocycles. The fourth-order valence-corrected chi connectivity index (χ4v) is 2.63. The van der Waals surface area contributed by atoms with E-state index in [-0.39, 0.29) is 6.15 Å². The minimum absolute atomic E-state index is 0. The average Bonchev–Trinajstić information content (AvgIpc) is 3.01. The summed E-state index contributed by atoms with van der Waals surface area (Å²) in [5.74, 6) is -0.441. The molecule has 0 aliphatic heterocycles. The summed E-state index contributed by atoms with van der Waals surface area (Å²) in [6.45, 7) is 0. The van der Waals surface area contributed by atoms with Crippen molar-refractivity contribution in [2.75, 3.05) is 0 Å². The number of aromatic nitrogens is 2. The highest BCUT2D eigenvalue weighted by atomic mass is 16.6. The summed E-state index contributed by atoms with van der Waals surface area (Å²) in [5.41, 5.74) is 5.98. The number of hydrogen-bond donors (Lipinski definition) is 1. The summed E-state index contributed by atoms with van der Waals surface area (Å²) in [7, 11) is 0. The third-order valence-electron chi connectivity index (χ3n) is 3.49. The van der Waals surface area contributed by atoms with Gasteiger partial charge >= 0.3 is 0 Å². The zero-order valence-corrected chi connectivity index (χ0v) is 10.7. The molecule has 3 N–H and O–H groups in total. The van der Waals surface area contributed by atoms with Crippen molar-refractivity contribution in [3.05, 3.63) is 59.8 Å². The van der Waals surface area contributed by atoms with Crippen LogP contribution in [0.2, 0.25) is 0 Å². The molecule has 100 valence electrons. The van der Waals surface area contributed by atoms with Crippen LogP contribution in [-0.4, -0.2) is 5.27 Å². The van der Waals surface area contributed by atoms with Crippen molar-refractivity contribution in [2.24, 2.45) is 0 Å². The van der Waals surface area contributed by atoms with Gasteiger partial charge in [0.2, 0.25) is 11.9 Å². The fourth-order valence-electron chi connectivity index (χ4n) is 2.63. The number of hydrogen-bond acceptors (Lipinski definition) is 4. The molecule has 1 aromatic heterocycles. The molecular weight excluding hydrogens is 254 g/mol. The topological polar surface area (TPSA) is 88.0 Å². The maximum atomic E-state index is 11.0. The number of rotatable bonds is 1. The molecule has 0 spiro atoms. The van der Waals surface area contributed by atoms with Gasteiger partial charge in [-0.05, 0) is 39.4 Å². The van der Waals surface area contributed by atoms with Crippen LogP contribution < -0.4 is 15.9 Å². The second-order valence-electron chi connectivity index (χ2n) is 4.64. The molecule has 1 heterocycles. The summed E-state index contributed by atoms with van der Waals surface area (Å²) < 4.78 is 6.02. The highest BCUT2D eigenvalue weighted by molar-refractivity contribution is 5.77. The van der Waals surface area contributed by atoms with Crippen LogP contribution >= 0.6 is 0 Å². The molecule has 0 atom stereocenters. The molecule has 4 rings (SSSR count). The van der Waals surface area contributed by atoms with Gasteiger partial charge in [0.15, 0.2) is 0 Å². The van der Waals surface area contributed by atoms with E-state index in [9.17, 15) is 5.11 Å². The van der Waals surface area contributed by atoms with Crippen LogP contribution in [0.1, 0.15) is 11.1 Å². The molecule has 0 radical (unpaired) electrons. The van der Waals surface area contributed by atoms with Gasteiger partial charge in [-0.2, -0.15) is 0 Å². The SMILES string of the molecule is N.[O-]c1c[n+](-c2ccc3c(c2)Cc2ccccc2-3)no1. The van der Waals surface area contributed by atoms with Gasteiger partial charge in [-0.3, -0.25) is 0 Å².